The molecule has 0 aromatic carbocycles. The van der Waals surface area contributed by atoms with E-state index in [0.29, 0.717) is 13.0 Å². The summed E-state index contributed by atoms with van der Waals surface area (Å²) in [5, 5.41) is -0.457. The smallest absolute Gasteiger partial charge is 0.218 e. The normalized spacial score (nSPS) is 21.1. The van der Waals surface area contributed by atoms with Crippen molar-refractivity contribution in [3.05, 3.63) is 0 Å². The summed E-state index contributed by atoms with van der Waals surface area (Å²) in [5.41, 5.74) is 5.58. The molecule has 0 aromatic heterocycles. The van der Waals surface area contributed by atoms with E-state index in [1.807, 2.05) is 21.0 Å². The first-order valence-corrected chi connectivity index (χ1v) is 8.13. The molecule has 2 N–H and O–H groups in total. The number of nitrogens with two attached hydrogens (primary N) is 1. The Morgan fingerprint density at radius 1 is 1.28 bits per heavy atom. The number of likely N-dealkylation sites (N-methyl/N-ethyl adjacent to an activating group) is 2. The molecular formula is C12H27N3O2S. The molecular weight excluding hydrogens is 250 g/mol. The highest BCUT2D eigenvalue weighted by Gasteiger charge is 2.42. The molecule has 0 amide bonds. The van der Waals surface area contributed by atoms with Crippen LogP contribution < -0.4 is 5.73 Å². The van der Waals surface area contributed by atoms with Gasteiger partial charge in [-0.05, 0) is 39.8 Å². The van der Waals surface area contributed by atoms with Gasteiger partial charge in [-0.2, -0.15) is 0 Å². The minimum Gasteiger partial charge on any atom is -0.329 e. The first kappa shape index (κ1) is 15.9. The van der Waals surface area contributed by atoms with E-state index in [1.165, 1.54) is 10.7 Å². The van der Waals surface area contributed by atoms with Crippen molar-refractivity contribution >= 4 is 10.0 Å². The van der Waals surface area contributed by atoms with E-state index >= 15 is 0 Å². The highest BCUT2D eigenvalue weighted by Crippen LogP contribution is 2.37. The quantitative estimate of drug-likeness (QED) is 0.734. The van der Waals surface area contributed by atoms with Crippen molar-refractivity contribution in [1.29, 1.82) is 0 Å². The molecule has 0 bridgehead atoms. The molecule has 18 heavy (non-hydrogen) atoms. The maximum Gasteiger partial charge on any atom is 0.218 e. The largest absolute Gasteiger partial charge is 0.329 e. The fraction of sp³-hybridized carbons (Fsp3) is 1.00. The molecule has 0 aliphatic heterocycles. The van der Waals surface area contributed by atoms with Crippen LogP contribution in [0, 0.1) is 0 Å². The monoisotopic (exact) mass is 277 g/mol. The lowest BCUT2D eigenvalue weighted by molar-refractivity contribution is 0.0453. The summed E-state index contributed by atoms with van der Waals surface area (Å²) in [6, 6.07) is 0. The Hall–Kier alpha value is -0.170. The Kier molecular flexibility index (Phi) is 5.17. The molecule has 0 heterocycles. The molecule has 1 saturated carbocycles. The van der Waals surface area contributed by atoms with Crippen LogP contribution in [-0.2, 0) is 10.0 Å². The van der Waals surface area contributed by atoms with Gasteiger partial charge < -0.3 is 10.6 Å². The first-order valence-electron chi connectivity index (χ1n) is 6.63. The molecule has 108 valence electrons. The van der Waals surface area contributed by atoms with Gasteiger partial charge in [-0.1, -0.05) is 6.92 Å². The fourth-order valence-corrected chi connectivity index (χ4v) is 4.18. The van der Waals surface area contributed by atoms with Crippen molar-refractivity contribution in [2.75, 3.05) is 34.2 Å². The lowest BCUT2D eigenvalue weighted by Gasteiger charge is -2.49. The van der Waals surface area contributed by atoms with Gasteiger partial charge in [0.2, 0.25) is 10.0 Å². The summed E-state index contributed by atoms with van der Waals surface area (Å²) < 4.78 is 26.2. The van der Waals surface area contributed by atoms with Crippen LogP contribution in [0.25, 0.3) is 0 Å². The minimum atomic E-state index is -3.26. The van der Waals surface area contributed by atoms with E-state index in [9.17, 15) is 8.42 Å². The second-order valence-electron chi connectivity index (χ2n) is 5.54. The molecule has 1 fully saturated rings. The number of nitrogens with zero attached hydrogens (tertiary/aromatic N) is 2. The van der Waals surface area contributed by atoms with Crippen LogP contribution in [-0.4, -0.2) is 62.6 Å². The highest BCUT2D eigenvalue weighted by atomic mass is 32.2. The summed E-state index contributed by atoms with van der Waals surface area (Å²) in [7, 11) is 2.47. The zero-order valence-corrected chi connectivity index (χ0v) is 12.8. The van der Waals surface area contributed by atoms with Crippen molar-refractivity contribution in [1.82, 2.24) is 9.21 Å². The van der Waals surface area contributed by atoms with Crippen molar-refractivity contribution in [3.8, 4) is 0 Å². The third-order valence-corrected chi connectivity index (χ3v) is 6.69. The van der Waals surface area contributed by atoms with E-state index in [4.69, 9.17) is 5.73 Å². The molecule has 1 atom stereocenters. The maximum atomic E-state index is 12.4. The summed E-state index contributed by atoms with van der Waals surface area (Å²) in [6.45, 7) is 2.63. The molecule has 1 aliphatic rings. The second kappa shape index (κ2) is 5.86. The third kappa shape index (κ3) is 2.87. The first-order chi connectivity index (χ1) is 8.30. The molecule has 1 aliphatic carbocycles. The van der Waals surface area contributed by atoms with Crippen LogP contribution in [0.4, 0.5) is 0 Å². The summed E-state index contributed by atoms with van der Waals surface area (Å²) in [5.74, 6) is 0. The lowest BCUT2D eigenvalue weighted by atomic mass is 9.75. The van der Waals surface area contributed by atoms with E-state index < -0.39 is 15.3 Å². The van der Waals surface area contributed by atoms with Gasteiger partial charge in [0.15, 0.2) is 0 Å². The Morgan fingerprint density at radius 3 is 2.11 bits per heavy atom. The Morgan fingerprint density at radius 2 is 1.83 bits per heavy atom. The Labute approximate surface area is 111 Å². The summed E-state index contributed by atoms with van der Waals surface area (Å²) in [4.78, 5) is 2.16. The predicted molar refractivity (Wildman–Crippen MR) is 75.0 cm³/mol. The van der Waals surface area contributed by atoms with Crippen LogP contribution in [0.3, 0.4) is 0 Å². The van der Waals surface area contributed by atoms with Crippen molar-refractivity contribution in [2.24, 2.45) is 5.73 Å². The standard InChI is InChI=1S/C12H27N3O2S/c1-5-11(9-13)18(16,17)15(4)10-12(14(2)3)7-6-8-12/h11H,5-10,13H2,1-4H3. The third-order valence-electron chi connectivity index (χ3n) is 4.32. The van der Waals surface area contributed by atoms with Crippen LogP contribution in [0.1, 0.15) is 32.6 Å². The number of hydrogen-bond acceptors (Lipinski definition) is 4. The van der Waals surface area contributed by atoms with E-state index in [1.54, 1.807) is 7.05 Å². The SMILES string of the molecule is CCC(CN)S(=O)(=O)N(C)CC1(N(C)C)CCC1. The summed E-state index contributed by atoms with van der Waals surface area (Å²) in [6.07, 6.45) is 3.89. The van der Waals surface area contributed by atoms with E-state index in [-0.39, 0.29) is 12.1 Å². The van der Waals surface area contributed by atoms with Crippen LogP contribution in [0.2, 0.25) is 0 Å². The molecule has 1 unspecified atom stereocenters. The molecule has 0 spiro atoms. The molecule has 5 nitrogen and oxygen atoms in total. The van der Waals surface area contributed by atoms with E-state index in [2.05, 4.69) is 4.90 Å². The highest BCUT2D eigenvalue weighted by molar-refractivity contribution is 7.89. The number of sulfonamides is 1. The maximum absolute atomic E-state index is 12.4. The van der Waals surface area contributed by atoms with Crippen molar-refractivity contribution < 1.29 is 8.42 Å². The Balaban J connectivity index is 2.78. The Bertz CT molecular complexity index is 360. The van der Waals surface area contributed by atoms with E-state index in [0.717, 1.165) is 12.8 Å². The average molecular weight is 277 g/mol. The van der Waals surface area contributed by atoms with Gasteiger partial charge in [-0.15, -0.1) is 0 Å². The second-order valence-corrected chi connectivity index (χ2v) is 7.86. The zero-order chi connectivity index (χ0) is 14.0. The van der Waals surface area contributed by atoms with Gasteiger partial charge in [0.05, 0.1) is 5.25 Å². The summed E-state index contributed by atoms with van der Waals surface area (Å²) >= 11 is 0. The van der Waals surface area contributed by atoms with Gasteiger partial charge in [0.25, 0.3) is 0 Å². The van der Waals surface area contributed by atoms with Crippen LogP contribution >= 0.6 is 0 Å². The van der Waals surface area contributed by atoms with Crippen LogP contribution in [0.15, 0.2) is 0 Å². The lowest BCUT2D eigenvalue weighted by Crippen LogP contribution is -2.58. The van der Waals surface area contributed by atoms with Gasteiger partial charge >= 0.3 is 0 Å². The average Bonchev–Trinajstić information content (AvgIpc) is 2.23. The van der Waals surface area contributed by atoms with Crippen LogP contribution in [0.5, 0.6) is 0 Å². The minimum absolute atomic E-state index is 0.0225. The zero-order valence-electron chi connectivity index (χ0n) is 12.0. The van der Waals surface area contributed by atoms with Crippen molar-refractivity contribution in [3.63, 3.8) is 0 Å². The molecule has 0 saturated heterocycles. The topological polar surface area (TPSA) is 66.6 Å². The van der Waals surface area contributed by atoms with Gasteiger partial charge in [0.1, 0.15) is 0 Å². The van der Waals surface area contributed by atoms with Gasteiger partial charge in [0, 0.05) is 25.7 Å². The molecule has 6 heteroatoms. The van der Waals surface area contributed by atoms with Crippen molar-refractivity contribution in [2.45, 2.75) is 43.4 Å². The molecule has 1 rings (SSSR count). The fourth-order valence-electron chi connectivity index (χ4n) is 2.59. The van der Waals surface area contributed by atoms with Gasteiger partial charge in [-0.3, -0.25) is 0 Å². The molecule has 0 radical (unpaired) electrons. The predicted octanol–water partition coefficient (Wildman–Crippen LogP) is 0.470. The number of hydrogen-bond donors (Lipinski definition) is 1. The van der Waals surface area contributed by atoms with Gasteiger partial charge in [-0.25, -0.2) is 12.7 Å². The molecule has 0 aromatic rings. The number of rotatable bonds is 7.